The molecule has 1 amide bonds. The van der Waals surface area contributed by atoms with Crippen LogP contribution in [-0.4, -0.2) is 39.1 Å². The molecule has 0 heterocycles. The van der Waals surface area contributed by atoms with Gasteiger partial charge in [-0.1, -0.05) is 24.2 Å². The molecule has 0 bridgehead atoms. The molecule has 2 aromatic carbocycles. The molecule has 0 spiro atoms. The van der Waals surface area contributed by atoms with Crippen LogP contribution in [0.1, 0.15) is 25.8 Å². The molecule has 0 saturated carbocycles. The summed E-state index contributed by atoms with van der Waals surface area (Å²) in [5.41, 5.74) is 1.36. The Morgan fingerprint density at radius 1 is 1.07 bits per heavy atom. The maximum Gasteiger partial charge on any atom is 0.265 e. The minimum atomic E-state index is -0.325. The smallest absolute Gasteiger partial charge is 0.265 e. The van der Waals surface area contributed by atoms with E-state index in [0.717, 1.165) is 12.0 Å². The zero-order valence-electron chi connectivity index (χ0n) is 16.4. The van der Waals surface area contributed by atoms with Crippen molar-refractivity contribution in [2.24, 2.45) is 5.16 Å². The van der Waals surface area contributed by atoms with Gasteiger partial charge in [0.2, 0.25) is 0 Å². The fourth-order valence-corrected chi connectivity index (χ4v) is 2.33. The normalized spacial score (nSPS) is 10.5. The van der Waals surface area contributed by atoms with Gasteiger partial charge in [-0.15, -0.1) is 0 Å². The molecule has 0 aliphatic heterocycles. The Labute approximate surface area is 165 Å². The van der Waals surface area contributed by atoms with Gasteiger partial charge in [0, 0.05) is 5.56 Å². The van der Waals surface area contributed by atoms with E-state index in [1.54, 1.807) is 25.3 Å². The lowest BCUT2D eigenvalue weighted by atomic mass is 10.2. The van der Waals surface area contributed by atoms with Crippen LogP contribution in [0.3, 0.4) is 0 Å². The SMILES string of the molecule is CCCOc1ccccc1NC(=O)CO/N=C/c1ccc(OCC)c(OC)c1. The highest BCUT2D eigenvalue weighted by atomic mass is 16.6. The Morgan fingerprint density at radius 2 is 1.89 bits per heavy atom. The first-order valence-electron chi connectivity index (χ1n) is 9.15. The third kappa shape index (κ3) is 6.50. The van der Waals surface area contributed by atoms with Crippen LogP contribution in [0.15, 0.2) is 47.6 Å². The summed E-state index contributed by atoms with van der Waals surface area (Å²) >= 11 is 0. The predicted octanol–water partition coefficient (Wildman–Crippen LogP) is 3.87. The zero-order chi connectivity index (χ0) is 20.2. The van der Waals surface area contributed by atoms with Crippen LogP contribution in [0.2, 0.25) is 0 Å². The maximum atomic E-state index is 12.1. The van der Waals surface area contributed by atoms with Gasteiger partial charge in [0.1, 0.15) is 5.75 Å². The third-order valence-corrected chi connectivity index (χ3v) is 3.58. The van der Waals surface area contributed by atoms with Gasteiger partial charge in [0.15, 0.2) is 18.1 Å². The van der Waals surface area contributed by atoms with Gasteiger partial charge >= 0.3 is 0 Å². The fraction of sp³-hybridized carbons (Fsp3) is 0.333. The van der Waals surface area contributed by atoms with Crippen LogP contribution in [0.25, 0.3) is 0 Å². The van der Waals surface area contributed by atoms with Gasteiger partial charge in [0.25, 0.3) is 5.91 Å². The number of carbonyl (C=O) groups excluding carboxylic acids is 1. The average Bonchev–Trinajstić information content (AvgIpc) is 2.71. The lowest BCUT2D eigenvalue weighted by Crippen LogP contribution is -2.17. The number of oxime groups is 1. The van der Waals surface area contributed by atoms with E-state index in [0.29, 0.717) is 36.1 Å². The molecule has 0 saturated heterocycles. The lowest BCUT2D eigenvalue weighted by molar-refractivity contribution is -0.120. The lowest BCUT2D eigenvalue weighted by Gasteiger charge is -2.11. The Morgan fingerprint density at radius 3 is 2.64 bits per heavy atom. The third-order valence-electron chi connectivity index (χ3n) is 3.58. The van der Waals surface area contributed by atoms with Gasteiger partial charge < -0.3 is 24.4 Å². The molecule has 2 rings (SSSR count). The minimum absolute atomic E-state index is 0.215. The first-order valence-corrected chi connectivity index (χ1v) is 9.15. The highest BCUT2D eigenvalue weighted by Gasteiger charge is 2.08. The number of rotatable bonds is 11. The molecule has 0 radical (unpaired) electrons. The number of nitrogens with zero attached hydrogens (tertiary/aromatic N) is 1. The second-order valence-electron chi connectivity index (χ2n) is 5.74. The summed E-state index contributed by atoms with van der Waals surface area (Å²) in [5, 5.41) is 6.59. The van der Waals surface area contributed by atoms with Gasteiger partial charge in [-0.3, -0.25) is 4.79 Å². The molecular formula is C21H26N2O5. The second-order valence-corrected chi connectivity index (χ2v) is 5.74. The highest BCUT2D eigenvalue weighted by molar-refractivity contribution is 5.93. The van der Waals surface area contributed by atoms with E-state index in [-0.39, 0.29) is 12.5 Å². The number of methoxy groups -OCH3 is 1. The Balaban J connectivity index is 1.87. The average molecular weight is 386 g/mol. The van der Waals surface area contributed by atoms with Crippen molar-refractivity contribution in [1.29, 1.82) is 0 Å². The first kappa shape index (κ1) is 21.1. The summed E-state index contributed by atoms with van der Waals surface area (Å²) in [6.45, 7) is 4.84. The summed E-state index contributed by atoms with van der Waals surface area (Å²) in [7, 11) is 1.57. The van der Waals surface area contributed by atoms with E-state index in [1.165, 1.54) is 6.21 Å². The molecule has 0 aliphatic rings. The Bertz CT molecular complexity index is 792. The number of ether oxygens (including phenoxy) is 3. The van der Waals surface area contributed by atoms with E-state index < -0.39 is 0 Å². The van der Waals surface area contributed by atoms with Crippen molar-refractivity contribution < 1.29 is 23.8 Å². The summed E-state index contributed by atoms with van der Waals surface area (Å²) in [4.78, 5) is 17.2. The molecule has 2 aromatic rings. The first-order chi connectivity index (χ1) is 13.7. The molecule has 0 unspecified atom stereocenters. The van der Waals surface area contributed by atoms with Crippen LogP contribution in [-0.2, 0) is 9.63 Å². The number of hydrogen-bond acceptors (Lipinski definition) is 6. The van der Waals surface area contributed by atoms with Gasteiger partial charge in [-0.25, -0.2) is 0 Å². The Hall–Kier alpha value is -3.22. The quantitative estimate of drug-likeness (QED) is 0.468. The monoisotopic (exact) mass is 386 g/mol. The summed E-state index contributed by atoms with van der Waals surface area (Å²) in [5.74, 6) is 1.57. The predicted molar refractivity (Wildman–Crippen MR) is 109 cm³/mol. The van der Waals surface area contributed by atoms with Gasteiger partial charge in [-0.2, -0.15) is 0 Å². The van der Waals surface area contributed by atoms with Crippen LogP contribution in [0.4, 0.5) is 5.69 Å². The molecule has 150 valence electrons. The van der Waals surface area contributed by atoms with Crippen LogP contribution in [0, 0.1) is 0 Å². The van der Waals surface area contributed by atoms with Crippen LogP contribution < -0.4 is 19.5 Å². The molecule has 7 nitrogen and oxygen atoms in total. The molecule has 7 heteroatoms. The minimum Gasteiger partial charge on any atom is -0.493 e. The largest absolute Gasteiger partial charge is 0.493 e. The number of carbonyl (C=O) groups is 1. The Kier molecular flexibility index (Phi) is 8.65. The van der Waals surface area contributed by atoms with Crippen LogP contribution >= 0.6 is 0 Å². The molecule has 0 atom stereocenters. The van der Waals surface area contributed by atoms with E-state index in [4.69, 9.17) is 19.0 Å². The summed E-state index contributed by atoms with van der Waals surface area (Å²) < 4.78 is 16.4. The van der Waals surface area contributed by atoms with Gasteiger partial charge in [0.05, 0.1) is 32.2 Å². The van der Waals surface area contributed by atoms with E-state index in [9.17, 15) is 4.79 Å². The fourth-order valence-electron chi connectivity index (χ4n) is 2.33. The molecule has 28 heavy (non-hydrogen) atoms. The number of anilines is 1. The maximum absolute atomic E-state index is 12.1. The molecular weight excluding hydrogens is 360 g/mol. The van der Waals surface area contributed by atoms with Crippen molar-refractivity contribution in [3.05, 3.63) is 48.0 Å². The number of nitrogens with one attached hydrogen (secondary N) is 1. The zero-order valence-corrected chi connectivity index (χ0v) is 16.4. The van der Waals surface area contributed by atoms with Crippen molar-refractivity contribution in [1.82, 2.24) is 0 Å². The second kappa shape index (κ2) is 11.5. The molecule has 0 aromatic heterocycles. The van der Waals surface area contributed by atoms with E-state index >= 15 is 0 Å². The van der Waals surface area contributed by atoms with Crippen molar-refractivity contribution in [3.63, 3.8) is 0 Å². The summed E-state index contributed by atoms with van der Waals surface area (Å²) in [6.07, 6.45) is 2.39. The van der Waals surface area contributed by atoms with Crippen molar-refractivity contribution >= 4 is 17.8 Å². The highest BCUT2D eigenvalue weighted by Crippen LogP contribution is 2.27. The van der Waals surface area contributed by atoms with E-state index in [1.807, 2.05) is 38.1 Å². The molecule has 1 N–H and O–H groups in total. The van der Waals surface area contributed by atoms with Crippen molar-refractivity contribution in [2.45, 2.75) is 20.3 Å². The molecule has 0 aliphatic carbocycles. The number of amides is 1. The number of hydrogen-bond donors (Lipinski definition) is 1. The standard InChI is InChI=1S/C21H26N2O5/c1-4-12-27-18-9-7-6-8-17(18)23-21(24)15-28-22-14-16-10-11-19(26-5-2)20(13-16)25-3/h6-11,13-14H,4-5,12,15H2,1-3H3,(H,23,24)/b22-14+. The topological polar surface area (TPSA) is 78.4 Å². The van der Waals surface area contributed by atoms with E-state index in [2.05, 4.69) is 10.5 Å². The van der Waals surface area contributed by atoms with Crippen molar-refractivity contribution in [2.75, 3.05) is 32.2 Å². The molecule has 0 fully saturated rings. The number of benzene rings is 2. The van der Waals surface area contributed by atoms with Crippen LogP contribution in [0.5, 0.6) is 17.2 Å². The summed E-state index contributed by atoms with van der Waals surface area (Å²) in [6, 6.07) is 12.7. The van der Waals surface area contributed by atoms with Crippen molar-refractivity contribution in [3.8, 4) is 17.2 Å². The van der Waals surface area contributed by atoms with Gasteiger partial charge in [-0.05, 0) is 43.7 Å². The number of para-hydroxylation sites is 2.